The number of ether oxygens (including phenoxy) is 2. The molecule has 0 radical (unpaired) electrons. The van der Waals surface area contributed by atoms with Gasteiger partial charge in [-0.05, 0) is 30.7 Å². The number of para-hydroxylation sites is 1. The Bertz CT molecular complexity index is 1180. The zero-order valence-electron chi connectivity index (χ0n) is 18.1. The van der Waals surface area contributed by atoms with Gasteiger partial charge in [-0.1, -0.05) is 48.0 Å². The summed E-state index contributed by atoms with van der Waals surface area (Å²) in [5.41, 5.74) is 1.01. The predicted octanol–water partition coefficient (Wildman–Crippen LogP) is 3.23. The first-order valence-electron chi connectivity index (χ1n) is 10.1. The van der Waals surface area contributed by atoms with Crippen molar-refractivity contribution < 1.29 is 24.2 Å². The highest BCUT2D eigenvalue weighted by Crippen LogP contribution is 2.44. The monoisotopic (exact) mass is 432 g/mol. The fourth-order valence-electron chi connectivity index (χ4n) is 3.90. The molecule has 2 N–H and O–H groups in total. The molecule has 3 aromatic carbocycles. The number of carbonyl (C=O) groups is 2. The molecular weight excluding hydrogens is 408 g/mol. The highest BCUT2D eigenvalue weighted by atomic mass is 16.5. The van der Waals surface area contributed by atoms with E-state index in [1.165, 1.54) is 12.0 Å². The number of rotatable bonds is 6. The second kappa shape index (κ2) is 8.36. The molecule has 7 heteroatoms. The molecular formula is C25H24N2O5. The zero-order chi connectivity index (χ0) is 22.9. The van der Waals surface area contributed by atoms with E-state index in [1.54, 1.807) is 61.7 Å². The van der Waals surface area contributed by atoms with Crippen LogP contribution in [0.15, 0.2) is 66.7 Å². The number of aryl methyl sites for hydroxylation is 1. The van der Waals surface area contributed by atoms with E-state index in [0.717, 1.165) is 5.56 Å². The Morgan fingerprint density at radius 3 is 2.44 bits per heavy atom. The predicted molar refractivity (Wildman–Crippen MR) is 121 cm³/mol. The van der Waals surface area contributed by atoms with Gasteiger partial charge >= 0.3 is 0 Å². The molecule has 0 saturated carbocycles. The lowest BCUT2D eigenvalue weighted by Crippen LogP contribution is -2.44. The maximum atomic E-state index is 13.4. The fourth-order valence-corrected chi connectivity index (χ4v) is 3.90. The molecule has 0 saturated heterocycles. The molecule has 0 spiro atoms. The van der Waals surface area contributed by atoms with Crippen LogP contribution in [0.2, 0.25) is 0 Å². The molecule has 2 amide bonds. The molecule has 0 aromatic heterocycles. The van der Waals surface area contributed by atoms with Crippen molar-refractivity contribution in [3.63, 3.8) is 0 Å². The molecule has 1 atom stereocenters. The summed E-state index contributed by atoms with van der Waals surface area (Å²) in [6.07, 6.45) is 0. The zero-order valence-corrected chi connectivity index (χ0v) is 18.1. The summed E-state index contributed by atoms with van der Waals surface area (Å²) in [5, 5.41) is 14.3. The highest BCUT2D eigenvalue weighted by molar-refractivity contribution is 6.12. The van der Waals surface area contributed by atoms with E-state index in [4.69, 9.17) is 9.47 Å². The summed E-state index contributed by atoms with van der Waals surface area (Å²) < 4.78 is 10.5. The number of anilines is 2. The minimum absolute atomic E-state index is 0.265. The number of hydrogen-bond donors (Lipinski definition) is 2. The molecule has 3 aromatic rings. The Kier molecular flexibility index (Phi) is 5.59. The number of aliphatic hydroxyl groups is 1. The third kappa shape index (κ3) is 3.56. The van der Waals surface area contributed by atoms with Crippen molar-refractivity contribution in [2.45, 2.75) is 12.5 Å². The van der Waals surface area contributed by atoms with Gasteiger partial charge < -0.3 is 19.9 Å². The Balaban J connectivity index is 1.63. The number of fused-ring (bicyclic) bond motifs is 1. The Hall–Kier alpha value is -3.84. The van der Waals surface area contributed by atoms with Gasteiger partial charge in [0, 0.05) is 11.6 Å². The number of amides is 2. The van der Waals surface area contributed by atoms with E-state index in [-0.39, 0.29) is 6.54 Å². The van der Waals surface area contributed by atoms with Gasteiger partial charge in [0.25, 0.3) is 5.91 Å². The number of nitrogens with zero attached hydrogens (tertiary/aromatic N) is 1. The van der Waals surface area contributed by atoms with Crippen LogP contribution in [0.5, 0.6) is 11.5 Å². The quantitative estimate of drug-likeness (QED) is 0.624. The SMILES string of the molecule is COc1ccc(NC(=O)CN2C(=O)[C@](O)(c3ccc(C)cc3)c3ccccc32)c(OC)c1. The molecule has 0 bridgehead atoms. The van der Waals surface area contributed by atoms with Gasteiger partial charge in [0.15, 0.2) is 5.60 Å². The lowest BCUT2D eigenvalue weighted by atomic mass is 9.87. The summed E-state index contributed by atoms with van der Waals surface area (Å²) in [4.78, 5) is 27.6. The molecule has 0 aliphatic carbocycles. The minimum Gasteiger partial charge on any atom is -0.497 e. The first kappa shape index (κ1) is 21.4. The van der Waals surface area contributed by atoms with Crippen LogP contribution in [0.1, 0.15) is 16.7 Å². The third-order valence-electron chi connectivity index (χ3n) is 5.59. The normalized spacial score (nSPS) is 17.1. The minimum atomic E-state index is -1.86. The van der Waals surface area contributed by atoms with Gasteiger partial charge in [-0.2, -0.15) is 0 Å². The molecule has 1 aliphatic heterocycles. The van der Waals surface area contributed by atoms with E-state index in [0.29, 0.717) is 34.0 Å². The van der Waals surface area contributed by atoms with Crippen LogP contribution in [-0.4, -0.2) is 37.7 Å². The van der Waals surface area contributed by atoms with Crippen molar-refractivity contribution >= 4 is 23.2 Å². The standard InChI is InChI=1S/C25H24N2O5/c1-16-8-10-17(11-9-16)25(30)19-6-4-5-7-21(19)27(24(25)29)15-23(28)26-20-13-12-18(31-2)14-22(20)32-3/h4-14,30H,15H2,1-3H3,(H,26,28)/t25-/m0/s1. The van der Waals surface area contributed by atoms with Gasteiger partial charge in [-0.3, -0.25) is 14.5 Å². The van der Waals surface area contributed by atoms with Crippen molar-refractivity contribution in [1.82, 2.24) is 0 Å². The molecule has 4 rings (SSSR count). The van der Waals surface area contributed by atoms with Gasteiger partial charge in [0.05, 0.1) is 25.6 Å². The number of methoxy groups -OCH3 is 2. The largest absolute Gasteiger partial charge is 0.497 e. The third-order valence-corrected chi connectivity index (χ3v) is 5.59. The second-order valence-corrected chi connectivity index (χ2v) is 7.60. The summed E-state index contributed by atoms with van der Waals surface area (Å²) in [6, 6.07) is 19.1. The molecule has 1 aliphatic rings. The summed E-state index contributed by atoms with van der Waals surface area (Å²) in [5.74, 6) is 0.0258. The first-order valence-corrected chi connectivity index (χ1v) is 10.1. The van der Waals surface area contributed by atoms with Crippen molar-refractivity contribution in [3.8, 4) is 11.5 Å². The van der Waals surface area contributed by atoms with Crippen LogP contribution in [-0.2, 0) is 15.2 Å². The van der Waals surface area contributed by atoms with Crippen LogP contribution >= 0.6 is 0 Å². The summed E-state index contributed by atoms with van der Waals surface area (Å²) in [7, 11) is 3.03. The average molecular weight is 432 g/mol. The van der Waals surface area contributed by atoms with E-state index < -0.39 is 17.4 Å². The van der Waals surface area contributed by atoms with Crippen LogP contribution < -0.4 is 19.7 Å². The molecule has 0 unspecified atom stereocenters. The molecule has 32 heavy (non-hydrogen) atoms. The van der Waals surface area contributed by atoms with Gasteiger partial charge in [0.1, 0.15) is 18.0 Å². The highest BCUT2D eigenvalue weighted by Gasteiger charge is 2.51. The fraction of sp³-hybridized carbons (Fsp3) is 0.200. The Morgan fingerprint density at radius 1 is 1.03 bits per heavy atom. The maximum absolute atomic E-state index is 13.4. The molecule has 1 heterocycles. The van der Waals surface area contributed by atoms with Crippen molar-refractivity contribution in [2.24, 2.45) is 0 Å². The van der Waals surface area contributed by atoms with Crippen LogP contribution in [0, 0.1) is 6.92 Å². The lowest BCUT2D eigenvalue weighted by molar-refractivity contribution is -0.133. The van der Waals surface area contributed by atoms with E-state index in [2.05, 4.69) is 5.32 Å². The smallest absolute Gasteiger partial charge is 0.268 e. The van der Waals surface area contributed by atoms with Crippen molar-refractivity contribution in [1.29, 1.82) is 0 Å². The number of benzene rings is 3. The average Bonchev–Trinajstić information content (AvgIpc) is 3.02. The molecule has 7 nitrogen and oxygen atoms in total. The van der Waals surface area contributed by atoms with E-state index in [1.807, 2.05) is 19.1 Å². The van der Waals surface area contributed by atoms with Gasteiger partial charge in [-0.25, -0.2) is 0 Å². The number of hydrogen-bond acceptors (Lipinski definition) is 5. The summed E-state index contributed by atoms with van der Waals surface area (Å²) in [6.45, 7) is 1.67. The second-order valence-electron chi connectivity index (χ2n) is 7.60. The molecule has 164 valence electrons. The lowest BCUT2D eigenvalue weighted by Gasteiger charge is -2.24. The van der Waals surface area contributed by atoms with Crippen molar-refractivity contribution in [3.05, 3.63) is 83.4 Å². The van der Waals surface area contributed by atoms with E-state index in [9.17, 15) is 14.7 Å². The summed E-state index contributed by atoms with van der Waals surface area (Å²) >= 11 is 0. The van der Waals surface area contributed by atoms with Crippen LogP contribution in [0.4, 0.5) is 11.4 Å². The first-order chi connectivity index (χ1) is 15.4. The number of nitrogens with one attached hydrogen (secondary N) is 1. The maximum Gasteiger partial charge on any atom is 0.268 e. The molecule has 0 fully saturated rings. The van der Waals surface area contributed by atoms with Gasteiger partial charge in [0.2, 0.25) is 5.91 Å². The van der Waals surface area contributed by atoms with Crippen LogP contribution in [0.3, 0.4) is 0 Å². The Labute approximate surface area is 186 Å². The van der Waals surface area contributed by atoms with Crippen molar-refractivity contribution in [2.75, 3.05) is 31.0 Å². The topological polar surface area (TPSA) is 88.1 Å². The van der Waals surface area contributed by atoms with Crippen LogP contribution in [0.25, 0.3) is 0 Å². The van der Waals surface area contributed by atoms with E-state index >= 15 is 0 Å². The Morgan fingerprint density at radius 2 is 1.75 bits per heavy atom. The number of carbonyl (C=O) groups excluding carboxylic acids is 2. The van der Waals surface area contributed by atoms with Gasteiger partial charge in [-0.15, -0.1) is 0 Å².